The van der Waals surface area contributed by atoms with E-state index in [0.29, 0.717) is 0 Å². The van der Waals surface area contributed by atoms with E-state index in [1.807, 2.05) is 18.2 Å². The lowest BCUT2D eigenvalue weighted by Gasteiger charge is -2.04. The van der Waals surface area contributed by atoms with Gasteiger partial charge < -0.3 is 5.11 Å². The number of azide groups is 1. The third-order valence-electron chi connectivity index (χ3n) is 1.75. The predicted octanol–water partition coefficient (Wildman–Crippen LogP) is 1.99. The van der Waals surface area contributed by atoms with Gasteiger partial charge >= 0.3 is 5.97 Å². The first kappa shape index (κ1) is 10.1. The van der Waals surface area contributed by atoms with Gasteiger partial charge in [-0.05, 0) is 17.5 Å². The molecule has 0 fully saturated rings. The summed E-state index contributed by atoms with van der Waals surface area (Å²) in [6.45, 7) is 0. The Balaban J connectivity index is 2.75. The quantitative estimate of drug-likeness (QED) is 0.448. The minimum atomic E-state index is -1.10. The topological polar surface area (TPSA) is 86.1 Å². The molecule has 0 bridgehead atoms. The summed E-state index contributed by atoms with van der Waals surface area (Å²) < 4.78 is 0. The summed E-state index contributed by atoms with van der Waals surface area (Å²) in [5.74, 6) is -1.10. The lowest BCUT2D eigenvalue weighted by atomic mass is 10.1. The third-order valence-corrected chi connectivity index (χ3v) is 1.75. The molecule has 1 N–H and O–H groups in total. The van der Waals surface area contributed by atoms with Gasteiger partial charge in [-0.1, -0.05) is 35.4 Å². The summed E-state index contributed by atoms with van der Waals surface area (Å²) in [6.07, 6.45) is 0.222. The fourth-order valence-corrected chi connectivity index (χ4v) is 1.08. The van der Waals surface area contributed by atoms with Crippen LogP contribution in [-0.4, -0.2) is 17.1 Å². The van der Waals surface area contributed by atoms with Crippen molar-refractivity contribution in [2.24, 2.45) is 5.11 Å². The van der Waals surface area contributed by atoms with Gasteiger partial charge in [0.2, 0.25) is 0 Å². The van der Waals surface area contributed by atoms with Gasteiger partial charge in [0.15, 0.2) is 0 Å². The largest absolute Gasteiger partial charge is 0.481 e. The van der Waals surface area contributed by atoms with E-state index in [1.165, 1.54) is 0 Å². The maximum Gasteiger partial charge on any atom is 0.312 e. The van der Waals surface area contributed by atoms with Gasteiger partial charge in [0, 0.05) is 4.91 Å². The van der Waals surface area contributed by atoms with Crippen molar-refractivity contribution < 1.29 is 9.90 Å². The summed E-state index contributed by atoms with van der Waals surface area (Å²) in [7, 11) is 0. The molecule has 1 aromatic rings. The SMILES string of the molecule is [N-]=[N+]=N[C@H](Cc1ccccc1)C(=O)O. The van der Waals surface area contributed by atoms with Crippen LogP contribution in [0.15, 0.2) is 35.4 Å². The van der Waals surface area contributed by atoms with Crippen molar-refractivity contribution >= 4 is 5.97 Å². The van der Waals surface area contributed by atoms with Crippen molar-refractivity contribution in [1.29, 1.82) is 0 Å². The van der Waals surface area contributed by atoms with E-state index in [2.05, 4.69) is 10.0 Å². The molecular weight excluding hydrogens is 182 g/mol. The Morgan fingerprint density at radius 3 is 2.64 bits per heavy atom. The van der Waals surface area contributed by atoms with Crippen LogP contribution in [0.5, 0.6) is 0 Å². The molecule has 72 valence electrons. The van der Waals surface area contributed by atoms with Crippen molar-refractivity contribution in [2.75, 3.05) is 0 Å². The number of carboxylic acids is 1. The van der Waals surface area contributed by atoms with Crippen LogP contribution in [0.2, 0.25) is 0 Å². The molecule has 1 aromatic carbocycles. The molecule has 0 spiro atoms. The van der Waals surface area contributed by atoms with E-state index < -0.39 is 12.0 Å². The molecule has 0 aliphatic rings. The Morgan fingerprint density at radius 2 is 2.14 bits per heavy atom. The van der Waals surface area contributed by atoms with Gasteiger partial charge in [-0.25, -0.2) is 0 Å². The molecule has 1 rings (SSSR count). The highest BCUT2D eigenvalue weighted by Gasteiger charge is 2.15. The van der Waals surface area contributed by atoms with Crippen LogP contribution in [0.4, 0.5) is 0 Å². The number of carboxylic acid groups (broad SMARTS) is 1. The number of nitrogens with zero attached hydrogens (tertiary/aromatic N) is 3. The monoisotopic (exact) mass is 191 g/mol. The van der Waals surface area contributed by atoms with Crippen molar-refractivity contribution in [3.8, 4) is 0 Å². The molecule has 0 aliphatic carbocycles. The molecule has 5 heteroatoms. The summed E-state index contributed by atoms with van der Waals surface area (Å²) in [5, 5.41) is 11.9. The van der Waals surface area contributed by atoms with Gasteiger partial charge in [-0.15, -0.1) is 0 Å². The van der Waals surface area contributed by atoms with Gasteiger partial charge in [-0.2, -0.15) is 0 Å². The number of carbonyl (C=O) groups is 1. The van der Waals surface area contributed by atoms with Crippen LogP contribution >= 0.6 is 0 Å². The number of hydrogen-bond donors (Lipinski definition) is 1. The summed E-state index contributed by atoms with van der Waals surface area (Å²) in [4.78, 5) is 13.1. The summed E-state index contributed by atoms with van der Waals surface area (Å²) in [5.41, 5.74) is 9.00. The van der Waals surface area contributed by atoms with Crippen LogP contribution in [0.1, 0.15) is 5.56 Å². The highest BCUT2D eigenvalue weighted by Crippen LogP contribution is 2.06. The van der Waals surface area contributed by atoms with Crippen molar-refractivity contribution in [2.45, 2.75) is 12.5 Å². The molecule has 5 nitrogen and oxygen atoms in total. The lowest BCUT2D eigenvalue weighted by Crippen LogP contribution is -2.19. The fraction of sp³-hybridized carbons (Fsp3) is 0.222. The highest BCUT2D eigenvalue weighted by atomic mass is 16.4. The summed E-state index contributed by atoms with van der Waals surface area (Å²) in [6, 6.07) is 8.02. The van der Waals surface area contributed by atoms with E-state index >= 15 is 0 Å². The van der Waals surface area contributed by atoms with Crippen LogP contribution in [0.3, 0.4) is 0 Å². The second-order valence-electron chi connectivity index (χ2n) is 2.75. The molecule has 14 heavy (non-hydrogen) atoms. The molecule has 0 amide bonds. The maximum absolute atomic E-state index is 10.6. The van der Waals surface area contributed by atoms with E-state index in [0.717, 1.165) is 5.56 Å². The molecule has 0 aromatic heterocycles. The fourth-order valence-electron chi connectivity index (χ4n) is 1.08. The molecule has 0 radical (unpaired) electrons. The average molecular weight is 191 g/mol. The molecule has 1 atom stereocenters. The first-order chi connectivity index (χ1) is 6.74. The third kappa shape index (κ3) is 2.80. The first-order valence-electron chi connectivity index (χ1n) is 4.05. The molecule has 0 unspecified atom stereocenters. The highest BCUT2D eigenvalue weighted by molar-refractivity contribution is 5.74. The minimum Gasteiger partial charge on any atom is -0.481 e. The zero-order chi connectivity index (χ0) is 10.4. The molecule has 0 saturated heterocycles. The van der Waals surface area contributed by atoms with E-state index in [4.69, 9.17) is 10.6 Å². The lowest BCUT2D eigenvalue weighted by molar-refractivity contribution is -0.138. The van der Waals surface area contributed by atoms with Crippen LogP contribution in [-0.2, 0) is 11.2 Å². The smallest absolute Gasteiger partial charge is 0.312 e. The van der Waals surface area contributed by atoms with E-state index in [1.54, 1.807) is 12.1 Å². The van der Waals surface area contributed by atoms with Crippen LogP contribution in [0, 0.1) is 0 Å². The summed E-state index contributed by atoms with van der Waals surface area (Å²) >= 11 is 0. The van der Waals surface area contributed by atoms with E-state index in [9.17, 15) is 4.79 Å². The number of rotatable bonds is 4. The predicted molar refractivity (Wildman–Crippen MR) is 50.7 cm³/mol. The number of aliphatic carboxylic acids is 1. The first-order valence-corrected chi connectivity index (χ1v) is 4.05. The Morgan fingerprint density at radius 1 is 1.50 bits per heavy atom. The van der Waals surface area contributed by atoms with Crippen molar-refractivity contribution in [3.63, 3.8) is 0 Å². The molecule has 0 saturated carbocycles. The number of benzene rings is 1. The van der Waals surface area contributed by atoms with Crippen LogP contribution < -0.4 is 0 Å². The minimum absolute atomic E-state index is 0.222. The Bertz CT molecular complexity index is 356. The average Bonchev–Trinajstić information content (AvgIpc) is 2.18. The maximum atomic E-state index is 10.6. The standard InChI is InChI=1S/C9H9N3O2/c10-12-11-8(9(13)14)6-7-4-2-1-3-5-7/h1-5,8H,6H2,(H,13,14)/t8-/m1/s1. The zero-order valence-corrected chi connectivity index (χ0v) is 7.37. The van der Waals surface area contributed by atoms with Crippen LogP contribution in [0.25, 0.3) is 10.4 Å². The molecule has 0 aliphatic heterocycles. The Kier molecular flexibility index (Phi) is 3.52. The van der Waals surface area contributed by atoms with Crippen molar-refractivity contribution in [1.82, 2.24) is 0 Å². The second kappa shape index (κ2) is 4.89. The van der Waals surface area contributed by atoms with Gasteiger partial charge in [-0.3, -0.25) is 4.79 Å². The zero-order valence-electron chi connectivity index (χ0n) is 7.37. The van der Waals surface area contributed by atoms with E-state index in [-0.39, 0.29) is 6.42 Å². The van der Waals surface area contributed by atoms with Gasteiger partial charge in [0.05, 0.1) is 0 Å². The molecule has 0 heterocycles. The Hall–Kier alpha value is -2.00. The second-order valence-corrected chi connectivity index (χ2v) is 2.75. The number of hydrogen-bond acceptors (Lipinski definition) is 2. The van der Waals surface area contributed by atoms with Gasteiger partial charge in [0.1, 0.15) is 6.04 Å². The van der Waals surface area contributed by atoms with Crippen molar-refractivity contribution in [3.05, 3.63) is 46.3 Å². The Labute approximate surface area is 80.6 Å². The normalized spacial score (nSPS) is 11.4. The molecular formula is C9H9N3O2. The van der Waals surface area contributed by atoms with Gasteiger partial charge in [0.25, 0.3) is 0 Å².